The van der Waals surface area contributed by atoms with Gasteiger partial charge < -0.3 is 10.0 Å². The van der Waals surface area contributed by atoms with Crippen molar-refractivity contribution in [1.82, 2.24) is 4.90 Å². The van der Waals surface area contributed by atoms with Gasteiger partial charge in [-0.2, -0.15) is 0 Å². The van der Waals surface area contributed by atoms with E-state index in [1.54, 1.807) is 0 Å². The minimum atomic E-state index is -0.519. The first-order valence-electron chi connectivity index (χ1n) is 7.36. The maximum atomic E-state index is 11.4. The Labute approximate surface area is 116 Å². The topological polar surface area (TPSA) is 23.5 Å². The average molecular weight is 267 g/mol. The molecule has 0 aliphatic heterocycles. The molecule has 102 valence electrons. The summed E-state index contributed by atoms with van der Waals surface area (Å²) >= 11 is 5.54. The van der Waals surface area contributed by atoms with Gasteiger partial charge in [0.05, 0.1) is 10.6 Å². The third kappa shape index (κ3) is 1.66. The number of hydrogen-bond acceptors (Lipinski definition) is 2. The predicted octanol–water partition coefficient (Wildman–Crippen LogP) is 2.70. The van der Waals surface area contributed by atoms with Crippen molar-refractivity contribution in [1.29, 1.82) is 0 Å². The lowest BCUT2D eigenvalue weighted by Crippen LogP contribution is -2.62. The van der Waals surface area contributed by atoms with Crippen molar-refractivity contribution in [2.45, 2.75) is 44.6 Å². The van der Waals surface area contributed by atoms with E-state index in [0.29, 0.717) is 11.8 Å². The van der Waals surface area contributed by atoms with Crippen LogP contribution in [-0.2, 0) is 0 Å². The van der Waals surface area contributed by atoms with Crippen LogP contribution in [0.25, 0.3) is 0 Å². The van der Waals surface area contributed by atoms with Crippen LogP contribution in [-0.4, -0.2) is 34.7 Å². The molecule has 18 heavy (non-hydrogen) atoms. The van der Waals surface area contributed by atoms with Crippen LogP contribution < -0.4 is 0 Å². The Hall–Kier alpha value is -0.150. The van der Waals surface area contributed by atoms with E-state index in [2.05, 4.69) is 6.92 Å². The summed E-state index contributed by atoms with van der Waals surface area (Å²) in [4.78, 5) is 2.92. The first-order chi connectivity index (χ1) is 8.42. The molecule has 0 radical (unpaired) electrons. The van der Waals surface area contributed by atoms with Crippen LogP contribution in [0.2, 0.25) is 0 Å². The van der Waals surface area contributed by atoms with Gasteiger partial charge in [0, 0.05) is 20.0 Å². The minimum Gasteiger partial charge on any atom is -0.389 e. The average Bonchev–Trinajstić information content (AvgIpc) is 2.32. The SMILES string of the molecule is CC(C(=S)N(C)C)C1(O)C2CC3CC(C2)CC1C3. The lowest BCUT2D eigenvalue weighted by molar-refractivity contribution is -0.187. The van der Waals surface area contributed by atoms with Gasteiger partial charge in [-0.25, -0.2) is 0 Å². The number of rotatable bonds is 2. The fourth-order valence-corrected chi connectivity index (χ4v) is 5.42. The van der Waals surface area contributed by atoms with Crippen molar-refractivity contribution in [3.8, 4) is 0 Å². The molecule has 3 heteroatoms. The molecule has 1 N–H and O–H groups in total. The van der Waals surface area contributed by atoms with Crippen molar-refractivity contribution >= 4 is 17.2 Å². The fourth-order valence-electron chi connectivity index (χ4n) is 5.23. The highest BCUT2D eigenvalue weighted by Crippen LogP contribution is 2.60. The van der Waals surface area contributed by atoms with Crippen molar-refractivity contribution in [2.75, 3.05) is 14.1 Å². The van der Waals surface area contributed by atoms with Gasteiger partial charge in [-0.1, -0.05) is 19.1 Å². The molecule has 4 rings (SSSR count). The summed E-state index contributed by atoms with van der Waals surface area (Å²) in [6.07, 6.45) is 6.39. The molecule has 4 aliphatic rings. The summed E-state index contributed by atoms with van der Waals surface area (Å²) < 4.78 is 0. The van der Waals surface area contributed by atoms with E-state index in [0.717, 1.165) is 16.8 Å². The lowest BCUT2D eigenvalue weighted by Gasteiger charge is -2.61. The van der Waals surface area contributed by atoms with Crippen LogP contribution in [0.4, 0.5) is 0 Å². The standard InChI is InChI=1S/C15H25NOS/c1-9(14(18)16(2)3)15(17)12-5-10-4-11(7-12)8-13(15)6-10/h9-13,17H,4-8H2,1-3H3. The van der Waals surface area contributed by atoms with Crippen LogP contribution in [0, 0.1) is 29.6 Å². The smallest absolute Gasteiger partial charge is 0.0831 e. The highest BCUT2D eigenvalue weighted by molar-refractivity contribution is 7.80. The summed E-state index contributed by atoms with van der Waals surface area (Å²) in [5, 5.41) is 11.4. The minimum absolute atomic E-state index is 0.123. The fraction of sp³-hybridized carbons (Fsp3) is 0.933. The summed E-state index contributed by atoms with van der Waals surface area (Å²) in [6.45, 7) is 2.14. The van der Waals surface area contributed by atoms with Gasteiger partial charge >= 0.3 is 0 Å². The van der Waals surface area contributed by atoms with E-state index < -0.39 is 5.60 Å². The van der Waals surface area contributed by atoms with Crippen LogP contribution in [0.1, 0.15) is 39.0 Å². The van der Waals surface area contributed by atoms with Gasteiger partial charge in [-0.15, -0.1) is 0 Å². The molecule has 4 saturated carbocycles. The summed E-state index contributed by atoms with van der Waals surface area (Å²) in [5.74, 6) is 2.92. The highest BCUT2D eigenvalue weighted by atomic mass is 32.1. The molecular weight excluding hydrogens is 242 g/mol. The van der Waals surface area contributed by atoms with Gasteiger partial charge in [0.1, 0.15) is 0 Å². The first kappa shape index (κ1) is 12.9. The zero-order valence-corrected chi connectivity index (χ0v) is 12.5. The molecule has 1 atom stereocenters. The lowest BCUT2D eigenvalue weighted by atomic mass is 9.47. The molecule has 4 bridgehead atoms. The van der Waals surface area contributed by atoms with Crippen molar-refractivity contribution in [3.63, 3.8) is 0 Å². The molecule has 0 spiro atoms. The van der Waals surface area contributed by atoms with E-state index in [-0.39, 0.29) is 5.92 Å². The summed E-state index contributed by atoms with van der Waals surface area (Å²) in [7, 11) is 4.00. The van der Waals surface area contributed by atoms with Crippen LogP contribution in [0.5, 0.6) is 0 Å². The van der Waals surface area contributed by atoms with E-state index in [1.807, 2.05) is 19.0 Å². The van der Waals surface area contributed by atoms with Crippen molar-refractivity contribution in [2.24, 2.45) is 29.6 Å². The molecule has 0 aromatic heterocycles. The Bertz CT molecular complexity index is 338. The molecule has 0 saturated heterocycles. The Morgan fingerprint density at radius 2 is 1.56 bits per heavy atom. The van der Waals surface area contributed by atoms with Gasteiger partial charge in [0.25, 0.3) is 0 Å². The molecule has 0 amide bonds. The van der Waals surface area contributed by atoms with Gasteiger partial charge in [-0.05, 0) is 55.8 Å². The number of thiocarbonyl (C=S) groups is 1. The van der Waals surface area contributed by atoms with Gasteiger partial charge in [-0.3, -0.25) is 0 Å². The van der Waals surface area contributed by atoms with Gasteiger partial charge in [0.15, 0.2) is 0 Å². The maximum Gasteiger partial charge on any atom is 0.0831 e. The van der Waals surface area contributed by atoms with Crippen LogP contribution in [0.15, 0.2) is 0 Å². The first-order valence-corrected chi connectivity index (χ1v) is 7.77. The molecule has 4 fully saturated rings. The third-order valence-electron chi connectivity index (χ3n) is 5.95. The maximum absolute atomic E-state index is 11.4. The Morgan fingerprint density at radius 3 is 1.94 bits per heavy atom. The second-order valence-electron chi connectivity index (χ2n) is 7.15. The Kier molecular flexibility index (Phi) is 2.98. The van der Waals surface area contributed by atoms with Crippen molar-refractivity contribution in [3.05, 3.63) is 0 Å². The molecule has 0 heterocycles. The summed E-state index contributed by atoms with van der Waals surface area (Å²) in [5.41, 5.74) is -0.519. The van der Waals surface area contributed by atoms with Crippen LogP contribution in [0.3, 0.4) is 0 Å². The number of hydrogen-bond donors (Lipinski definition) is 1. The van der Waals surface area contributed by atoms with E-state index in [9.17, 15) is 5.11 Å². The second-order valence-corrected chi connectivity index (χ2v) is 7.56. The molecule has 1 unspecified atom stereocenters. The molecular formula is C15H25NOS. The predicted molar refractivity (Wildman–Crippen MR) is 77.4 cm³/mol. The molecule has 4 aliphatic carbocycles. The zero-order chi connectivity index (χ0) is 13.1. The molecule has 0 aromatic carbocycles. The Balaban J connectivity index is 1.88. The molecule has 0 aromatic rings. The quantitative estimate of drug-likeness (QED) is 0.778. The normalized spacial score (nSPS) is 47.1. The summed E-state index contributed by atoms with van der Waals surface area (Å²) in [6, 6.07) is 0. The van der Waals surface area contributed by atoms with E-state index in [1.165, 1.54) is 32.1 Å². The monoisotopic (exact) mass is 267 g/mol. The van der Waals surface area contributed by atoms with E-state index in [4.69, 9.17) is 12.2 Å². The number of nitrogens with zero attached hydrogens (tertiary/aromatic N) is 1. The third-order valence-corrected chi connectivity index (χ3v) is 6.67. The molecule has 2 nitrogen and oxygen atoms in total. The van der Waals surface area contributed by atoms with E-state index >= 15 is 0 Å². The zero-order valence-electron chi connectivity index (χ0n) is 11.7. The highest BCUT2D eigenvalue weighted by Gasteiger charge is 2.59. The van der Waals surface area contributed by atoms with Gasteiger partial charge in [0.2, 0.25) is 0 Å². The van der Waals surface area contributed by atoms with Crippen molar-refractivity contribution < 1.29 is 5.11 Å². The largest absolute Gasteiger partial charge is 0.389 e. The Morgan fingerprint density at radius 1 is 1.11 bits per heavy atom. The second kappa shape index (κ2) is 4.17. The van der Waals surface area contributed by atoms with Crippen LogP contribution >= 0.6 is 12.2 Å². The number of aliphatic hydroxyl groups is 1.